The molecule has 0 saturated carbocycles. The lowest BCUT2D eigenvalue weighted by Crippen LogP contribution is -2.27. The van der Waals surface area contributed by atoms with Gasteiger partial charge < -0.3 is 20.1 Å². The summed E-state index contributed by atoms with van der Waals surface area (Å²) in [5, 5.41) is 12.7. The number of amides is 1. The van der Waals surface area contributed by atoms with Crippen molar-refractivity contribution in [1.29, 1.82) is 0 Å². The number of nitrogens with one attached hydrogen (secondary N) is 1. The van der Waals surface area contributed by atoms with E-state index in [0.717, 1.165) is 38.5 Å². The van der Waals surface area contributed by atoms with Crippen molar-refractivity contribution < 1.29 is 37.9 Å². The predicted octanol–water partition coefficient (Wildman–Crippen LogP) is 14.6. The Kier molecular flexibility index (Phi) is 45.3. The number of phosphoric acid groups is 1. The lowest BCUT2D eigenvalue weighted by molar-refractivity contribution is -0.147. The summed E-state index contributed by atoms with van der Waals surface area (Å²) in [6.45, 7) is 3.60. The lowest BCUT2D eigenvalue weighted by Gasteiger charge is -2.15. The minimum atomic E-state index is -4.42. The number of aliphatic hydroxyl groups is 1. The van der Waals surface area contributed by atoms with E-state index in [4.69, 9.17) is 13.8 Å². The molecule has 9 nitrogen and oxygen atoms in total. The SMILES string of the molecule is CCCCCCCCC/C=C\CCCCCCCCCC(=O)OCC(O)COP(=O)(O)OCCNC(=O)CCCCCCCCCCCCCCCCCCCCCC. The van der Waals surface area contributed by atoms with Gasteiger partial charge in [-0.2, -0.15) is 0 Å². The number of rotatable bonds is 48. The maximum Gasteiger partial charge on any atom is 0.472 e. The number of phosphoric ester groups is 1. The average Bonchev–Trinajstić information content (AvgIpc) is 3.22. The molecule has 0 rings (SSSR count). The van der Waals surface area contributed by atoms with Crippen LogP contribution in [0, 0.1) is 0 Å². The Balaban J connectivity index is 3.53. The van der Waals surface area contributed by atoms with Crippen molar-refractivity contribution in [3.8, 4) is 0 Å². The van der Waals surface area contributed by atoms with E-state index in [9.17, 15) is 24.2 Å². The van der Waals surface area contributed by atoms with Crippen molar-refractivity contribution in [3.05, 3.63) is 12.2 Å². The highest BCUT2D eigenvalue weighted by molar-refractivity contribution is 7.47. The molecule has 350 valence electrons. The predicted molar refractivity (Wildman–Crippen MR) is 248 cm³/mol. The molecule has 0 saturated heterocycles. The van der Waals surface area contributed by atoms with Crippen LogP contribution in [-0.2, 0) is 27.9 Å². The quantitative estimate of drug-likeness (QED) is 0.0239. The summed E-state index contributed by atoms with van der Waals surface area (Å²) >= 11 is 0. The fraction of sp³-hybridized carbons (Fsp3) is 0.918. The Labute approximate surface area is 364 Å². The van der Waals surface area contributed by atoms with Crippen molar-refractivity contribution in [2.24, 2.45) is 0 Å². The molecule has 3 N–H and O–H groups in total. The van der Waals surface area contributed by atoms with E-state index in [1.54, 1.807) is 0 Å². The summed E-state index contributed by atoms with van der Waals surface area (Å²) in [5.74, 6) is -0.508. The summed E-state index contributed by atoms with van der Waals surface area (Å²) in [7, 11) is -4.42. The molecule has 2 atom stereocenters. The highest BCUT2D eigenvalue weighted by Gasteiger charge is 2.23. The lowest BCUT2D eigenvalue weighted by atomic mass is 10.0. The van der Waals surface area contributed by atoms with Gasteiger partial charge in [-0.15, -0.1) is 0 Å². The fourth-order valence-corrected chi connectivity index (χ4v) is 8.13. The first kappa shape index (κ1) is 57.8. The van der Waals surface area contributed by atoms with Gasteiger partial charge in [-0.3, -0.25) is 18.6 Å². The largest absolute Gasteiger partial charge is 0.472 e. The number of aliphatic hydroxyl groups excluding tert-OH is 1. The number of hydrogen-bond acceptors (Lipinski definition) is 7. The summed E-state index contributed by atoms with van der Waals surface area (Å²) in [5.41, 5.74) is 0. The van der Waals surface area contributed by atoms with Gasteiger partial charge in [-0.05, 0) is 38.5 Å². The van der Waals surface area contributed by atoms with Crippen molar-refractivity contribution >= 4 is 19.7 Å². The second-order valence-corrected chi connectivity index (χ2v) is 18.6. The number of esters is 1. The van der Waals surface area contributed by atoms with Gasteiger partial charge in [0.25, 0.3) is 0 Å². The number of ether oxygens (including phenoxy) is 1. The second-order valence-electron chi connectivity index (χ2n) is 17.1. The molecule has 0 radical (unpaired) electrons. The minimum absolute atomic E-state index is 0.0864. The van der Waals surface area contributed by atoms with Crippen LogP contribution in [0.2, 0.25) is 0 Å². The molecule has 2 unspecified atom stereocenters. The first-order valence-corrected chi connectivity index (χ1v) is 26.7. The van der Waals surface area contributed by atoms with E-state index in [1.165, 1.54) is 193 Å². The molecule has 0 aromatic carbocycles. The van der Waals surface area contributed by atoms with E-state index in [0.29, 0.717) is 6.42 Å². The summed E-state index contributed by atoms with van der Waals surface area (Å²) < 4.78 is 27.0. The van der Waals surface area contributed by atoms with Gasteiger partial charge in [-0.1, -0.05) is 219 Å². The highest BCUT2D eigenvalue weighted by atomic mass is 31.2. The summed E-state index contributed by atoms with van der Waals surface area (Å²) in [6, 6.07) is 0. The molecule has 0 spiro atoms. The van der Waals surface area contributed by atoms with Crippen LogP contribution in [0.25, 0.3) is 0 Å². The topological polar surface area (TPSA) is 131 Å². The zero-order chi connectivity index (χ0) is 43.2. The van der Waals surface area contributed by atoms with Crippen LogP contribution in [0.4, 0.5) is 0 Å². The number of carbonyl (C=O) groups excluding carboxylic acids is 2. The molecule has 0 aliphatic carbocycles. The van der Waals surface area contributed by atoms with Gasteiger partial charge in [0.1, 0.15) is 12.7 Å². The van der Waals surface area contributed by atoms with E-state index in [-0.39, 0.29) is 32.1 Å². The van der Waals surface area contributed by atoms with Crippen molar-refractivity contribution in [2.45, 2.75) is 264 Å². The van der Waals surface area contributed by atoms with Crippen LogP contribution < -0.4 is 5.32 Å². The number of carbonyl (C=O) groups is 2. The zero-order valence-electron chi connectivity index (χ0n) is 38.7. The van der Waals surface area contributed by atoms with E-state index in [2.05, 4.69) is 31.3 Å². The third kappa shape index (κ3) is 47.6. The molecule has 0 heterocycles. The van der Waals surface area contributed by atoms with Gasteiger partial charge in [0, 0.05) is 19.4 Å². The monoisotopic (exact) mass is 858 g/mol. The Bertz CT molecular complexity index is 980. The number of hydrogen-bond donors (Lipinski definition) is 3. The number of unbranched alkanes of at least 4 members (excludes halogenated alkanes) is 33. The molecule has 0 bridgehead atoms. The van der Waals surface area contributed by atoms with Crippen LogP contribution in [0.3, 0.4) is 0 Å². The second kappa shape index (κ2) is 46.3. The van der Waals surface area contributed by atoms with Crippen molar-refractivity contribution in [3.63, 3.8) is 0 Å². The molecule has 0 aromatic rings. The molecular weight excluding hydrogens is 762 g/mol. The maximum absolute atomic E-state index is 12.1. The van der Waals surface area contributed by atoms with Gasteiger partial charge in [0.15, 0.2) is 0 Å². The molecule has 0 aromatic heterocycles. The minimum Gasteiger partial charge on any atom is -0.463 e. The van der Waals surface area contributed by atoms with Crippen molar-refractivity contribution in [2.75, 3.05) is 26.4 Å². The Hall–Kier alpha value is -1.25. The molecule has 1 amide bonds. The third-order valence-corrected chi connectivity index (χ3v) is 12.2. The number of allylic oxidation sites excluding steroid dienone is 2. The average molecular weight is 858 g/mol. The highest BCUT2D eigenvalue weighted by Crippen LogP contribution is 2.42. The normalized spacial score (nSPS) is 13.2. The molecular formula is C49H96NO8P. The Morgan fingerprint density at radius 1 is 0.508 bits per heavy atom. The first-order chi connectivity index (χ1) is 28.8. The molecule has 59 heavy (non-hydrogen) atoms. The van der Waals surface area contributed by atoms with Crippen LogP contribution in [0.5, 0.6) is 0 Å². The van der Waals surface area contributed by atoms with Crippen LogP contribution >= 0.6 is 7.82 Å². The van der Waals surface area contributed by atoms with E-state index in [1.807, 2.05) is 0 Å². The Morgan fingerprint density at radius 2 is 0.864 bits per heavy atom. The van der Waals surface area contributed by atoms with E-state index >= 15 is 0 Å². The standard InChI is InChI=1S/C49H96NO8P/c1-3-5-7-9-11-13-15-17-19-21-23-24-25-27-29-31-33-35-37-39-41-48(52)50-43-44-57-59(54,55)58-46-47(51)45-56-49(53)42-40-38-36-34-32-30-28-26-22-20-18-16-14-12-10-8-6-4-2/h20,22,47,51H,3-19,21,23-46H2,1-2H3,(H,50,52)(H,54,55)/b22-20-. The maximum atomic E-state index is 12.1. The molecule has 0 aliphatic rings. The van der Waals surface area contributed by atoms with Crippen LogP contribution in [0.1, 0.15) is 258 Å². The van der Waals surface area contributed by atoms with Crippen LogP contribution in [0.15, 0.2) is 12.2 Å². The molecule has 0 fully saturated rings. The molecule has 0 aliphatic heterocycles. The fourth-order valence-electron chi connectivity index (χ4n) is 7.38. The first-order valence-electron chi connectivity index (χ1n) is 25.2. The van der Waals surface area contributed by atoms with E-state index < -0.39 is 26.5 Å². The third-order valence-electron chi connectivity index (χ3n) is 11.2. The van der Waals surface area contributed by atoms with Crippen molar-refractivity contribution in [1.82, 2.24) is 5.32 Å². The summed E-state index contributed by atoms with van der Waals surface area (Å²) in [4.78, 5) is 34.0. The zero-order valence-corrected chi connectivity index (χ0v) is 39.6. The molecule has 10 heteroatoms. The Morgan fingerprint density at radius 3 is 1.27 bits per heavy atom. The van der Waals surface area contributed by atoms with Gasteiger partial charge in [0.05, 0.1) is 13.2 Å². The van der Waals surface area contributed by atoms with Gasteiger partial charge in [-0.25, -0.2) is 4.57 Å². The smallest absolute Gasteiger partial charge is 0.463 e. The summed E-state index contributed by atoms with van der Waals surface area (Å²) in [6.07, 6.45) is 50.1. The van der Waals surface area contributed by atoms with Gasteiger partial charge >= 0.3 is 13.8 Å². The van der Waals surface area contributed by atoms with Gasteiger partial charge in [0.2, 0.25) is 5.91 Å². The van der Waals surface area contributed by atoms with Crippen LogP contribution in [-0.4, -0.2) is 54.3 Å².